The Morgan fingerprint density at radius 3 is 2.69 bits per heavy atom. The van der Waals surface area contributed by atoms with E-state index in [0.717, 1.165) is 16.0 Å². The number of nitrogens with zero attached hydrogens (tertiary/aromatic N) is 3. The third-order valence-corrected chi connectivity index (χ3v) is 7.52. The lowest BCUT2D eigenvalue weighted by Crippen LogP contribution is -2.34. The molecule has 1 amide bonds. The molecule has 0 fully saturated rings. The van der Waals surface area contributed by atoms with Crippen molar-refractivity contribution in [1.29, 1.82) is 0 Å². The van der Waals surface area contributed by atoms with Gasteiger partial charge in [0.15, 0.2) is 0 Å². The van der Waals surface area contributed by atoms with Crippen molar-refractivity contribution in [2.75, 3.05) is 19.9 Å². The number of hydrogen-bond acceptors (Lipinski definition) is 6. The van der Waals surface area contributed by atoms with Crippen LogP contribution in [0.25, 0.3) is 10.9 Å². The molecule has 1 aliphatic heterocycles. The Morgan fingerprint density at radius 1 is 1.21 bits per heavy atom. The van der Waals surface area contributed by atoms with Gasteiger partial charge in [-0.25, -0.2) is 17.5 Å². The van der Waals surface area contributed by atoms with Crippen molar-refractivity contribution in [1.82, 2.24) is 9.04 Å². The Bertz CT molecular complexity index is 1200. The van der Waals surface area contributed by atoms with Crippen molar-refractivity contribution in [2.24, 2.45) is 4.99 Å². The molecular weight excluding hydrogens is 410 g/mol. The number of hydroxylamine groups is 2. The molecule has 29 heavy (non-hydrogen) atoms. The van der Waals surface area contributed by atoms with E-state index in [9.17, 15) is 13.2 Å². The second-order valence-electron chi connectivity index (χ2n) is 6.48. The number of aromatic nitrogens is 1. The van der Waals surface area contributed by atoms with Gasteiger partial charge in [-0.2, -0.15) is 0 Å². The lowest BCUT2D eigenvalue weighted by Gasteiger charge is -2.15. The molecule has 7 nitrogen and oxygen atoms in total. The number of fused-ring (bicyclic) bond motifs is 1. The van der Waals surface area contributed by atoms with Crippen LogP contribution in [0.15, 0.2) is 70.7 Å². The number of benzene rings is 2. The van der Waals surface area contributed by atoms with Gasteiger partial charge in [-0.05, 0) is 30.3 Å². The largest absolute Gasteiger partial charge is 0.274 e. The van der Waals surface area contributed by atoms with E-state index in [-0.39, 0.29) is 10.8 Å². The van der Waals surface area contributed by atoms with Gasteiger partial charge in [-0.1, -0.05) is 24.3 Å². The van der Waals surface area contributed by atoms with E-state index in [1.807, 2.05) is 12.1 Å². The molecule has 2 heterocycles. The lowest BCUT2D eigenvalue weighted by atomic mass is 10.2. The molecule has 0 spiro atoms. The number of amides is 1. The first-order valence-corrected chi connectivity index (χ1v) is 11.3. The third-order valence-electron chi connectivity index (χ3n) is 4.72. The lowest BCUT2D eigenvalue weighted by molar-refractivity contribution is -0.169. The van der Waals surface area contributed by atoms with Crippen LogP contribution in [0.5, 0.6) is 0 Å². The molecule has 2 aromatic carbocycles. The number of likely N-dealkylation sites (N-methyl/N-ethyl adjacent to an activating group) is 1. The fraction of sp³-hybridized carbons (Fsp3) is 0.200. The Hall–Kier alpha value is -2.62. The summed E-state index contributed by atoms with van der Waals surface area (Å²) in [4.78, 5) is 21.9. The van der Waals surface area contributed by atoms with Crippen LogP contribution in [0.4, 0.5) is 0 Å². The predicted octanol–water partition coefficient (Wildman–Crippen LogP) is 2.76. The summed E-state index contributed by atoms with van der Waals surface area (Å²) < 4.78 is 27.2. The van der Waals surface area contributed by atoms with Crippen molar-refractivity contribution in [3.8, 4) is 0 Å². The van der Waals surface area contributed by atoms with Crippen LogP contribution in [-0.2, 0) is 19.7 Å². The van der Waals surface area contributed by atoms with Crippen LogP contribution >= 0.6 is 11.8 Å². The van der Waals surface area contributed by atoms with Gasteiger partial charge in [0.1, 0.15) is 6.04 Å². The van der Waals surface area contributed by atoms with Gasteiger partial charge in [0.25, 0.3) is 15.9 Å². The minimum absolute atomic E-state index is 0.198. The van der Waals surface area contributed by atoms with Crippen molar-refractivity contribution >= 4 is 43.6 Å². The van der Waals surface area contributed by atoms with Gasteiger partial charge in [-0.15, -0.1) is 11.8 Å². The Morgan fingerprint density at radius 2 is 1.97 bits per heavy atom. The van der Waals surface area contributed by atoms with Gasteiger partial charge < -0.3 is 0 Å². The number of carbonyl (C=O) groups excluding carboxylic acids is 1. The second-order valence-corrected chi connectivity index (χ2v) is 9.31. The fourth-order valence-corrected chi connectivity index (χ4v) is 5.53. The molecule has 9 heteroatoms. The average molecular weight is 430 g/mol. The zero-order valence-electron chi connectivity index (χ0n) is 15.8. The van der Waals surface area contributed by atoms with Crippen LogP contribution in [-0.4, -0.2) is 54.4 Å². The molecular formula is C20H19N3O4S2. The quantitative estimate of drug-likeness (QED) is 0.583. The zero-order chi connectivity index (χ0) is 20.6. The first-order valence-electron chi connectivity index (χ1n) is 8.86. The fourth-order valence-electron chi connectivity index (χ4n) is 3.12. The minimum Gasteiger partial charge on any atom is -0.274 e. The summed E-state index contributed by atoms with van der Waals surface area (Å²) in [7, 11) is -0.674. The van der Waals surface area contributed by atoms with Crippen molar-refractivity contribution in [3.05, 3.63) is 66.4 Å². The van der Waals surface area contributed by atoms with Crippen molar-refractivity contribution in [3.63, 3.8) is 0 Å². The molecule has 1 atom stereocenters. The first kappa shape index (κ1) is 19.7. The normalized spacial score (nSPS) is 16.8. The second kappa shape index (κ2) is 7.66. The maximum absolute atomic E-state index is 12.9. The topological polar surface area (TPSA) is 81.0 Å². The molecule has 4 rings (SSSR count). The van der Waals surface area contributed by atoms with Gasteiger partial charge in [0.05, 0.1) is 22.6 Å². The molecule has 1 aliphatic rings. The van der Waals surface area contributed by atoms with Crippen LogP contribution in [0.1, 0.15) is 5.56 Å². The van der Waals surface area contributed by atoms with Crippen molar-refractivity contribution < 1.29 is 18.0 Å². The molecule has 0 bridgehead atoms. The SMILES string of the molecule is CON(C)C(=O)[C@@H]1CSC(c2ccc3c(ccn3S(=O)(=O)c3ccccc3)c2)=N1. The van der Waals surface area contributed by atoms with E-state index < -0.39 is 16.1 Å². The van der Waals surface area contributed by atoms with Gasteiger partial charge in [0.2, 0.25) is 0 Å². The van der Waals surface area contributed by atoms with Crippen LogP contribution in [0, 0.1) is 0 Å². The number of carbonyl (C=O) groups is 1. The summed E-state index contributed by atoms with van der Waals surface area (Å²) in [6.45, 7) is 0. The van der Waals surface area contributed by atoms with E-state index in [1.54, 1.807) is 55.7 Å². The molecule has 3 aromatic rings. The summed E-state index contributed by atoms with van der Waals surface area (Å²) in [6.07, 6.45) is 1.56. The van der Waals surface area contributed by atoms with E-state index >= 15 is 0 Å². The smallest absolute Gasteiger partial charge is 0.271 e. The number of thioether (sulfide) groups is 1. The maximum atomic E-state index is 12.9. The van der Waals surface area contributed by atoms with Crippen LogP contribution < -0.4 is 0 Å². The first-order chi connectivity index (χ1) is 13.9. The molecule has 0 saturated carbocycles. The van der Waals surface area contributed by atoms with Gasteiger partial charge >= 0.3 is 0 Å². The molecule has 0 aliphatic carbocycles. The maximum Gasteiger partial charge on any atom is 0.271 e. The van der Waals surface area contributed by atoms with Crippen molar-refractivity contribution in [2.45, 2.75) is 10.9 Å². The van der Waals surface area contributed by atoms with E-state index in [1.165, 1.54) is 27.9 Å². The number of aliphatic imine (C=N–C) groups is 1. The Kier molecular flexibility index (Phi) is 5.20. The summed E-state index contributed by atoms with van der Waals surface area (Å²) in [5.74, 6) is 0.347. The molecule has 1 aromatic heterocycles. The van der Waals surface area contributed by atoms with E-state index in [4.69, 9.17) is 4.84 Å². The minimum atomic E-state index is -3.67. The monoisotopic (exact) mass is 429 g/mol. The van der Waals surface area contributed by atoms with Gasteiger partial charge in [0, 0.05) is 29.9 Å². The average Bonchev–Trinajstić information content (AvgIpc) is 3.40. The van der Waals surface area contributed by atoms with Gasteiger partial charge in [-0.3, -0.25) is 14.6 Å². The molecule has 0 unspecified atom stereocenters. The Labute approximate surface area is 173 Å². The summed E-state index contributed by atoms with van der Waals surface area (Å²) >= 11 is 1.50. The molecule has 0 N–H and O–H groups in total. The zero-order valence-corrected chi connectivity index (χ0v) is 17.5. The highest BCUT2D eigenvalue weighted by Gasteiger charge is 2.28. The highest BCUT2D eigenvalue weighted by molar-refractivity contribution is 8.14. The standard InChI is InChI=1S/C20H19N3O4S2/c1-22(27-2)20(24)17-13-28-19(21-17)15-8-9-18-14(12-15)10-11-23(18)29(25,26)16-6-4-3-5-7-16/h3-12,17H,13H2,1-2H3/t17-/m0/s1. The van der Waals surface area contributed by atoms with Crippen LogP contribution in [0.2, 0.25) is 0 Å². The van der Waals surface area contributed by atoms with E-state index in [0.29, 0.717) is 11.3 Å². The Balaban J connectivity index is 1.67. The highest BCUT2D eigenvalue weighted by Crippen LogP contribution is 2.28. The van der Waals surface area contributed by atoms with E-state index in [2.05, 4.69) is 4.99 Å². The third kappa shape index (κ3) is 3.57. The predicted molar refractivity (Wildman–Crippen MR) is 114 cm³/mol. The van der Waals surface area contributed by atoms with Crippen LogP contribution in [0.3, 0.4) is 0 Å². The molecule has 0 radical (unpaired) electrons. The highest BCUT2D eigenvalue weighted by atomic mass is 32.2. The summed E-state index contributed by atoms with van der Waals surface area (Å²) in [5, 5.41) is 2.72. The summed E-state index contributed by atoms with van der Waals surface area (Å²) in [5.41, 5.74) is 1.45. The molecule has 150 valence electrons. The summed E-state index contributed by atoms with van der Waals surface area (Å²) in [6, 6.07) is 15.1. The number of rotatable bonds is 5. The number of hydrogen-bond donors (Lipinski definition) is 0. The molecule has 0 saturated heterocycles.